The first-order valence-corrected chi connectivity index (χ1v) is 43.4. The van der Waals surface area contributed by atoms with Gasteiger partial charge in [-0.3, -0.25) is 19.2 Å². The van der Waals surface area contributed by atoms with E-state index in [9.17, 15) is 70.2 Å². The lowest BCUT2D eigenvalue weighted by Crippen LogP contribution is -2.64. The molecule has 10 fully saturated rings. The van der Waals surface area contributed by atoms with Crippen molar-refractivity contribution in [2.24, 2.45) is 23.7 Å². The summed E-state index contributed by atoms with van der Waals surface area (Å²) >= 11 is 0. The van der Waals surface area contributed by atoms with Crippen molar-refractivity contribution < 1.29 is 151 Å². The fraction of sp³-hybridized carbons (Fsp3) is 0.900. The fourth-order valence-corrected chi connectivity index (χ4v) is 17.7. The van der Waals surface area contributed by atoms with Crippen LogP contribution in [0, 0.1) is 23.7 Å². The molecule has 2 aromatic rings. The van der Waals surface area contributed by atoms with E-state index in [0.29, 0.717) is 88.9 Å². The van der Waals surface area contributed by atoms with Crippen molar-refractivity contribution in [3.63, 3.8) is 0 Å². The molecule has 4 aliphatic carbocycles. The molecular formula is C80H130N8O31. The minimum Gasteiger partial charge on any atom is -0.453 e. The minimum absolute atomic E-state index is 0.0220. The molecule has 10 N–H and O–H groups in total. The quantitative estimate of drug-likeness (QED) is 0.0292. The van der Waals surface area contributed by atoms with Gasteiger partial charge in [-0.05, 0) is 88.9 Å². The molecule has 0 radical (unpaired) electrons. The predicted octanol–water partition coefficient (Wildman–Crippen LogP) is -0.619. The standard InChI is InChI=1S/C80H130N8O31/c1-45-15-11-21-53(69(45)118-77-67(99)65(97)61(93)47(3)108-77)112-79-73(71(63(95)57(41-89)114-79)110-55(75(101)85-23-13-24-85)35-49-17-7-5-8-18-49)116-59(91)39-87-37-51(81-83-87)43-106-33-31-104-29-27-103-28-30-105-32-34-107-44-52-38-88(84-82-52)40-60(92)117-74-72(111-56(76(102)86-25-14-26-86)36-50-19-9-6-10-20-50)64(96)58(42-90)115-80(74)113-54-22-12-16-46(2)70(54)119-78-68(100)66(98)62(94)48(4)109-78/h37-38,45-50,53-58,61-74,77-80,89-90,93-100H,5-36,39-44H2,1-4H3/t45?,46?,47?,48?,53-,54-,55+,56+,57+,58+,61-,62-,63+,64+,65+,66+,67?,68?,69-,70-,71?,72?,73?,74?,77+,78+,79-,80-/m1/s1. The number of aliphatic hydroxyl groups is 10. The van der Waals surface area contributed by atoms with Crippen molar-refractivity contribution in [1.29, 1.82) is 0 Å². The zero-order chi connectivity index (χ0) is 84.2. The third kappa shape index (κ3) is 25.3. The number of aromatic nitrogens is 6. The van der Waals surface area contributed by atoms with E-state index < -0.39 is 198 Å². The summed E-state index contributed by atoms with van der Waals surface area (Å²) in [6, 6.07) is 0. The maximum absolute atomic E-state index is 14.2. The van der Waals surface area contributed by atoms with Crippen LogP contribution in [0.1, 0.15) is 167 Å². The van der Waals surface area contributed by atoms with Crippen molar-refractivity contribution in [3.8, 4) is 0 Å². The zero-order valence-electron chi connectivity index (χ0n) is 69.0. The van der Waals surface area contributed by atoms with Gasteiger partial charge >= 0.3 is 11.9 Å². The van der Waals surface area contributed by atoms with Gasteiger partial charge in [0.15, 0.2) is 37.4 Å². The van der Waals surface area contributed by atoms with Gasteiger partial charge in [0, 0.05) is 26.2 Å². The van der Waals surface area contributed by atoms with Crippen molar-refractivity contribution in [2.45, 2.75) is 342 Å². The summed E-state index contributed by atoms with van der Waals surface area (Å²) in [4.78, 5) is 60.3. The average Bonchev–Trinajstić information content (AvgIpc) is 1.20. The lowest BCUT2D eigenvalue weighted by atomic mass is 9.84. The van der Waals surface area contributed by atoms with Crippen LogP contribution < -0.4 is 0 Å². The highest BCUT2D eigenvalue weighted by atomic mass is 16.8. The molecule has 28 atom stereocenters. The number of likely N-dealkylation sites (tertiary alicyclic amines) is 2. The number of aliphatic hydroxyl groups excluding tert-OH is 10. The third-order valence-electron chi connectivity index (χ3n) is 24.9. The first kappa shape index (κ1) is 93.3. The molecular weight excluding hydrogens is 1570 g/mol. The van der Waals surface area contributed by atoms with E-state index in [4.69, 9.17) is 80.5 Å². The largest absolute Gasteiger partial charge is 0.453 e. The minimum atomic E-state index is -1.60. The van der Waals surface area contributed by atoms with E-state index in [1.807, 2.05) is 13.8 Å². The van der Waals surface area contributed by atoms with Gasteiger partial charge in [-0.15, -0.1) is 10.2 Å². The number of amides is 2. The molecule has 12 rings (SSSR count). The summed E-state index contributed by atoms with van der Waals surface area (Å²) in [6.45, 7) is 8.81. The van der Waals surface area contributed by atoms with Crippen molar-refractivity contribution in [3.05, 3.63) is 23.8 Å². The monoisotopic (exact) mass is 1700 g/mol. The molecule has 0 aromatic carbocycles. The highest BCUT2D eigenvalue weighted by Gasteiger charge is 2.56. The average molecular weight is 1700 g/mol. The van der Waals surface area contributed by atoms with E-state index in [1.165, 1.54) is 21.8 Å². The summed E-state index contributed by atoms with van der Waals surface area (Å²) in [7, 11) is 0. The second kappa shape index (κ2) is 45.9. The summed E-state index contributed by atoms with van der Waals surface area (Å²) < 4.78 is 107. The van der Waals surface area contributed by atoms with E-state index in [-0.39, 0.29) is 102 Å². The number of ether oxygens (including phenoxy) is 17. The van der Waals surface area contributed by atoms with Gasteiger partial charge in [-0.2, -0.15) is 0 Å². The molecule has 2 amide bonds. The Morgan fingerprint density at radius 3 is 1.13 bits per heavy atom. The first-order chi connectivity index (χ1) is 57.5. The zero-order valence-corrected chi connectivity index (χ0v) is 69.0. The van der Waals surface area contributed by atoms with Crippen LogP contribution in [-0.2, 0) is 126 Å². The molecule has 4 saturated carbocycles. The van der Waals surface area contributed by atoms with Crippen LogP contribution in [0.3, 0.4) is 0 Å². The van der Waals surface area contributed by atoms with Gasteiger partial charge in [0.1, 0.15) is 110 Å². The molecule has 39 heteroatoms. The maximum Gasteiger partial charge on any atom is 0.328 e. The highest BCUT2D eigenvalue weighted by molar-refractivity contribution is 5.82. The molecule has 8 heterocycles. The van der Waals surface area contributed by atoms with Gasteiger partial charge in [-0.1, -0.05) is 101 Å². The van der Waals surface area contributed by atoms with Crippen LogP contribution in [0.25, 0.3) is 0 Å². The molecule has 676 valence electrons. The maximum atomic E-state index is 14.2. The second-order valence-electron chi connectivity index (χ2n) is 33.8. The Balaban J connectivity index is 0.570. The SMILES string of the molecule is CC1O[C@@H](O[C@@H]2C(C)CCC[C@H]2O[C@@H]2O[C@@H](CO)[C@H](O)C(O[C@@H](CC3CCCCC3)C(=O)N3CCC3)C2OC(=O)Cn2cc(COCCOCCOCCOCCOCc3cn(CC(=O)OC4C(O[C@@H](CC5CCCCC5)C(=O)N5CCC5)[C@@H](O)[C@H](CO)O[C@H]4O[C@@H]4CCCC(C)[C@H]4O[C@@H]4OC(C)[C@@H](O)[C@H](O)C4O)nn3)nn2)C(O)[C@@H](O)[C@@H]1O. The Labute approximate surface area is 693 Å². The second-order valence-corrected chi connectivity index (χ2v) is 33.8. The Morgan fingerprint density at radius 2 is 0.773 bits per heavy atom. The normalized spacial score (nSPS) is 36.2. The molecule has 0 spiro atoms. The Kier molecular flexibility index (Phi) is 36.0. The third-order valence-corrected chi connectivity index (χ3v) is 24.9. The van der Waals surface area contributed by atoms with Crippen molar-refractivity contribution in [2.75, 3.05) is 92.2 Å². The summed E-state index contributed by atoms with van der Waals surface area (Å²) in [5.41, 5.74) is 0.782. The van der Waals surface area contributed by atoms with E-state index in [1.54, 1.807) is 23.6 Å². The van der Waals surface area contributed by atoms with E-state index >= 15 is 0 Å². The highest BCUT2D eigenvalue weighted by Crippen LogP contribution is 2.41. The smallest absolute Gasteiger partial charge is 0.328 e. The predicted molar refractivity (Wildman–Crippen MR) is 407 cm³/mol. The van der Waals surface area contributed by atoms with Crippen LogP contribution >= 0.6 is 0 Å². The van der Waals surface area contributed by atoms with Crippen LogP contribution in [0.4, 0.5) is 0 Å². The van der Waals surface area contributed by atoms with E-state index in [2.05, 4.69) is 20.6 Å². The summed E-state index contributed by atoms with van der Waals surface area (Å²) in [5.74, 6) is -2.23. The number of hydrogen-bond acceptors (Lipinski definition) is 35. The van der Waals surface area contributed by atoms with Crippen LogP contribution in [0.5, 0.6) is 0 Å². The molecule has 6 saturated heterocycles. The molecule has 10 unspecified atom stereocenters. The van der Waals surface area contributed by atoms with Crippen LogP contribution in [0.2, 0.25) is 0 Å². The van der Waals surface area contributed by atoms with Crippen LogP contribution in [-0.4, -0.2) is 366 Å². The molecule has 6 aliphatic heterocycles. The van der Waals surface area contributed by atoms with Gasteiger partial charge in [-0.25, -0.2) is 9.36 Å². The molecule has 119 heavy (non-hydrogen) atoms. The van der Waals surface area contributed by atoms with Gasteiger partial charge < -0.3 is 141 Å². The van der Waals surface area contributed by atoms with Crippen molar-refractivity contribution >= 4 is 23.8 Å². The number of esters is 2. The Hall–Kier alpha value is -4.84. The lowest BCUT2D eigenvalue weighted by molar-refractivity contribution is -0.349. The number of rotatable bonds is 42. The molecule has 2 aromatic heterocycles. The Morgan fingerprint density at radius 1 is 0.403 bits per heavy atom. The summed E-state index contributed by atoms with van der Waals surface area (Å²) in [5, 5.41) is 126. The molecule has 39 nitrogen and oxygen atoms in total. The lowest BCUT2D eigenvalue weighted by Gasteiger charge is -2.48. The van der Waals surface area contributed by atoms with Crippen molar-refractivity contribution in [1.82, 2.24) is 39.8 Å². The fourth-order valence-electron chi connectivity index (χ4n) is 17.7. The molecule has 10 aliphatic rings. The van der Waals surface area contributed by atoms with Gasteiger partial charge in [0.25, 0.3) is 11.8 Å². The number of carbonyl (C=O) groups excluding carboxylic acids is 4. The number of nitrogens with zero attached hydrogens (tertiary/aromatic N) is 8. The van der Waals surface area contributed by atoms with Gasteiger partial charge in [0.2, 0.25) is 0 Å². The summed E-state index contributed by atoms with van der Waals surface area (Å²) in [6.07, 6.45) is -14.6. The Bertz CT molecular complexity index is 3160. The number of carbonyl (C=O) groups is 4. The topological polar surface area (TPSA) is 495 Å². The van der Waals surface area contributed by atoms with E-state index in [0.717, 1.165) is 77.0 Å². The van der Waals surface area contributed by atoms with Gasteiger partial charge in [0.05, 0.1) is 128 Å². The number of hydrogen-bond donors (Lipinski definition) is 10. The first-order valence-electron chi connectivity index (χ1n) is 43.4. The van der Waals surface area contributed by atoms with Crippen LogP contribution in [0.15, 0.2) is 12.4 Å². The molecule has 0 bridgehead atoms.